The predicted octanol–water partition coefficient (Wildman–Crippen LogP) is 2.03. The molecule has 1 aromatic carbocycles. The van der Waals surface area contributed by atoms with Gasteiger partial charge in [-0.3, -0.25) is 4.79 Å². The van der Waals surface area contributed by atoms with Gasteiger partial charge < -0.3 is 20.4 Å². The Labute approximate surface area is 150 Å². The quantitative estimate of drug-likeness (QED) is 0.715. The highest BCUT2D eigenvalue weighted by Crippen LogP contribution is 2.52. The average molecular weight is 360 g/mol. The van der Waals surface area contributed by atoms with E-state index in [1.807, 2.05) is 6.92 Å². The van der Waals surface area contributed by atoms with E-state index in [0.29, 0.717) is 25.2 Å². The molecule has 138 valence electrons. The summed E-state index contributed by atoms with van der Waals surface area (Å²) in [6.45, 7) is 3.75. The van der Waals surface area contributed by atoms with Crippen LogP contribution in [-0.2, 0) is 4.79 Å². The normalized spacial score (nSPS) is 25.7. The van der Waals surface area contributed by atoms with E-state index in [0.717, 1.165) is 18.9 Å². The third-order valence-corrected chi connectivity index (χ3v) is 5.48. The maximum Gasteiger partial charge on any atom is 0.339 e. The molecule has 2 fully saturated rings. The molecule has 2 unspecified atom stereocenters. The highest BCUT2D eigenvalue weighted by atomic mass is 19.1. The first-order chi connectivity index (χ1) is 12.4. The number of aliphatic carboxylic acids is 1. The lowest BCUT2D eigenvalue weighted by Crippen LogP contribution is -2.49. The second-order valence-corrected chi connectivity index (χ2v) is 7.40. The van der Waals surface area contributed by atoms with Crippen molar-refractivity contribution in [2.75, 3.05) is 24.5 Å². The van der Waals surface area contributed by atoms with E-state index in [1.165, 1.54) is 6.08 Å². The minimum atomic E-state index is -1.31. The highest BCUT2D eigenvalue weighted by molar-refractivity contribution is 6.25. The lowest BCUT2D eigenvalue weighted by atomic mass is 9.79. The van der Waals surface area contributed by atoms with Crippen LogP contribution < -0.4 is 10.2 Å². The molecule has 2 atom stereocenters. The zero-order chi connectivity index (χ0) is 18.6. The Balaban J connectivity index is 1.86. The van der Waals surface area contributed by atoms with E-state index in [9.17, 15) is 24.2 Å². The third kappa shape index (κ3) is 2.67. The van der Waals surface area contributed by atoms with Crippen LogP contribution in [-0.4, -0.2) is 47.6 Å². The number of phenolic OH excluding ortho intramolecular Hbond substituents is 1. The van der Waals surface area contributed by atoms with E-state index < -0.39 is 17.6 Å². The molecule has 1 saturated carbocycles. The van der Waals surface area contributed by atoms with Crippen molar-refractivity contribution in [3.63, 3.8) is 0 Å². The number of fused-ring (bicyclic) bond motifs is 1. The monoisotopic (exact) mass is 360 g/mol. The summed E-state index contributed by atoms with van der Waals surface area (Å²) in [6.07, 6.45) is 3.24. The van der Waals surface area contributed by atoms with E-state index in [-0.39, 0.29) is 40.5 Å². The average Bonchev–Trinajstić information content (AvgIpc) is 3.40. The van der Waals surface area contributed by atoms with Gasteiger partial charge in [0.1, 0.15) is 17.0 Å². The summed E-state index contributed by atoms with van der Waals surface area (Å²) in [6, 6.07) is 1.25. The van der Waals surface area contributed by atoms with Gasteiger partial charge >= 0.3 is 5.97 Å². The molecular weight excluding hydrogens is 339 g/mol. The van der Waals surface area contributed by atoms with Crippen molar-refractivity contribution in [1.29, 1.82) is 0 Å². The smallest absolute Gasteiger partial charge is 0.339 e. The number of carbonyl (C=O) groups excluding carboxylic acids is 1. The standard InChI is InChI=1S/C19H21FN2O4/c1-9-8-22(5-4-21-9)16-14(20)7-12-15(18(16)24)11(10-2-3-10)6-13(17(12)23)19(25)26/h6-7,9-11,21,24H,2-5,8H2,1H3,(H,25,26). The number of piperazine rings is 1. The van der Waals surface area contributed by atoms with Gasteiger partial charge in [0.2, 0.25) is 5.78 Å². The largest absolute Gasteiger partial charge is 0.505 e. The number of benzene rings is 1. The first-order valence-electron chi connectivity index (χ1n) is 8.92. The van der Waals surface area contributed by atoms with E-state index in [2.05, 4.69) is 5.32 Å². The minimum absolute atomic E-state index is 0.0243. The van der Waals surface area contributed by atoms with Crippen molar-refractivity contribution in [1.82, 2.24) is 5.32 Å². The number of halogens is 1. The number of aromatic hydroxyl groups is 1. The molecule has 3 N–H and O–H groups in total. The molecule has 4 rings (SSSR count). The van der Waals surface area contributed by atoms with Gasteiger partial charge in [0, 0.05) is 42.7 Å². The van der Waals surface area contributed by atoms with Crippen LogP contribution >= 0.6 is 0 Å². The Hall–Kier alpha value is -2.41. The van der Waals surface area contributed by atoms with Crippen LogP contribution in [0.4, 0.5) is 10.1 Å². The Morgan fingerprint density at radius 1 is 1.38 bits per heavy atom. The number of phenols is 1. The van der Waals surface area contributed by atoms with Crippen LogP contribution in [0.15, 0.2) is 17.7 Å². The fourth-order valence-corrected chi connectivity index (χ4v) is 4.08. The predicted molar refractivity (Wildman–Crippen MR) is 93.3 cm³/mol. The van der Waals surface area contributed by atoms with Gasteiger partial charge in [-0.05, 0) is 31.7 Å². The molecule has 0 aromatic heterocycles. The number of ketones is 1. The Morgan fingerprint density at radius 3 is 2.73 bits per heavy atom. The first-order valence-corrected chi connectivity index (χ1v) is 8.92. The van der Waals surface area contributed by atoms with Crippen LogP contribution in [0.1, 0.15) is 41.6 Å². The Kier molecular flexibility index (Phi) is 3.99. The summed E-state index contributed by atoms with van der Waals surface area (Å²) in [5, 5.41) is 23.5. The maximum absolute atomic E-state index is 14.9. The molecule has 1 aromatic rings. The molecule has 1 heterocycles. The van der Waals surface area contributed by atoms with E-state index in [4.69, 9.17) is 0 Å². The lowest BCUT2D eigenvalue weighted by Gasteiger charge is -2.35. The number of anilines is 1. The summed E-state index contributed by atoms with van der Waals surface area (Å²) < 4.78 is 14.9. The van der Waals surface area contributed by atoms with Gasteiger partial charge in [0.15, 0.2) is 5.82 Å². The second kappa shape index (κ2) is 6.09. The number of carboxylic acids is 1. The number of Topliss-reactive ketones (excluding diaryl/α,β-unsaturated/α-hetero) is 1. The van der Waals surface area contributed by atoms with Crippen molar-refractivity contribution in [3.05, 3.63) is 34.7 Å². The number of rotatable bonds is 3. The van der Waals surface area contributed by atoms with E-state index >= 15 is 0 Å². The van der Waals surface area contributed by atoms with Crippen molar-refractivity contribution < 1.29 is 24.2 Å². The van der Waals surface area contributed by atoms with Crippen molar-refractivity contribution >= 4 is 17.4 Å². The summed E-state index contributed by atoms with van der Waals surface area (Å²) in [5.74, 6) is -3.15. The topological polar surface area (TPSA) is 89.9 Å². The third-order valence-electron chi connectivity index (χ3n) is 5.48. The SMILES string of the molecule is CC1CN(c2c(F)cc3c(c2O)C(C2CC2)C=C(C(=O)O)C3=O)CCN1. The molecule has 26 heavy (non-hydrogen) atoms. The highest BCUT2D eigenvalue weighted by Gasteiger charge is 2.42. The minimum Gasteiger partial charge on any atom is -0.505 e. The Morgan fingerprint density at radius 2 is 2.12 bits per heavy atom. The van der Waals surface area contributed by atoms with Gasteiger partial charge in [-0.2, -0.15) is 0 Å². The fraction of sp³-hybridized carbons (Fsp3) is 0.474. The summed E-state index contributed by atoms with van der Waals surface area (Å²) in [4.78, 5) is 25.8. The fourth-order valence-electron chi connectivity index (χ4n) is 4.08. The zero-order valence-corrected chi connectivity index (χ0v) is 14.5. The van der Waals surface area contributed by atoms with Crippen LogP contribution in [0.2, 0.25) is 0 Å². The summed E-state index contributed by atoms with van der Waals surface area (Å²) in [5.41, 5.74) is 0.133. The number of allylic oxidation sites excluding steroid dienone is 1. The number of carbonyl (C=O) groups is 2. The number of carboxylic acid groups (broad SMARTS) is 1. The molecule has 1 aliphatic heterocycles. The first kappa shape index (κ1) is 17.0. The molecule has 0 bridgehead atoms. The van der Waals surface area contributed by atoms with Crippen LogP contribution in [0, 0.1) is 11.7 Å². The van der Waals surface area contributed by atoms with Crippen LogP contribution in [0.3, 0.4) is 0 Å². The number of hydrogen-bond donors (Lipinski definition) is 3. The van der Waals surface area contributed by atoms with Crippen molar-refractivity contribution in [3.8, 4) is 5.75 Å². The summed E-state index contributed by atoms with van der Waals surface area (Å²) >= 11 is 0. The molecule has 6 nitrogen and oxygen atoms in total. The number of hydrogen-bond acceptors (Lipinski definition) is 5. The van der Waals surface area contributed by atoms with Crippen LogP contribution in [0.5, 0.6) is 5.75 Å². The molecule has 1 saturated heterocycles. The van der Waals surface area contributed by atoms with E-state index in [1.54, 1.807) is 4.90 Å². The molecule has 0 spiro atoms. The van der Waals surface area contributed by atoms with Gasteiger partial charge in [-0.1, -0.05) is 6.08 Å². The van der Waals surface area contributed by atoms with Gasteiger partial charge in [0.25, 0.3) is 0 Å². The Bertz CT molecular complexity index is 831. The molecule has 2 aliphatic carbocycles. The number of nitrogens with zero attached hydrogens (tertiary/aromatic N) is 1. The number of nitrogens with one attached hydrogen (secondary N) is 1. The molecule has 3 aliphatic rings. The van der Waals surface area contributed by atoms with Gasteiger partial charge in [-0.25, -0.2) is 9.18 Å². The van der Waals surface area contributed by atoms with Gasteiger partial charge in [0.05, 0.1) is 0 Å². The van der Waals surface area contributed by atoms with Crippen molar-refractivity contribution in [2.45, 2.75) is 31.7 Å². The van der Waals surface area contributed by atoms with Crippen molar-refractivity contribution in [2.24, 2.45) is 5.92 Å². The maximum atomic E-state index is 14.9. The molecule has 0 amide bonds. The summed E-state index contributed by atoms with van der Waals surface area (Å²) in [7, 11) is 0. The molecule has 0 radical (unpaired) electrons. The van der Waals surface area contributed by atoms with Crippen LogP contribution in [0.25, 0.3) is 0 Å². The van der Waals surface area contributed by atoms with Gasteiger partial charge in [-0.15, -0.1) is 0 Å². The zero-order valence-electron chi connectivity index (χ0n) is 14.5. The second-order valence-electron chi connectivity index (χ2n) is 7.40. The lowest BCUT2D eigenvalue weighted by molar-refractivity contribution is -0.132. The molecule has 7 heteroatoms. The molecular formula is C19H21FN2O4.